The average molecular weight is 395 g/mol. The maximum absolute atomic E-state index is 13.6. The van der Waals surface area contributed by atoms with Crippen LogP contribution >= 0.6 is 15.9 Å². The second-order valence-corrected chi connectivity index (χ2v) is 5.55. The van der Waals surface area contributed by atoms with Crippen LogP contribution in [0.3, 0.4) is 0 Å². The number of carbonyl (C=O) groups excluding carboxylic acids is 1. The number of halogens is 2. The summed E-state index contributed by atoms with van der Waals surface area (Å²) >= 11 is 3.22. The summed E-state index contributed by atoms with van der Waals surface area (Å²) in [5.41, 5.74) is 0.190. The lowest BCUT2D eigenvalue weighted by Gasteiger charge is -2.08. The summed E-state index contributed by atoms with van der Waals surface area (Å²) in [4.78, 5) is 22.2. The molecular weight excluding hydrogens is 383 g/mol. The molecular formula is C16H12BrFN2O4. The lowest BCUT2D eigenvalue weighted by Crippen LogP contribution is -2.09. The molecule has 0 aromatic heterocycles. The van der Waals surface area contributed by atoms with Gasteiger partial charge in [0.05, 0.1) is 17.7 Å². The average Bonchev–Trinajstić information content (AvgIpc) is 2.55. The minimum Gasteiger partial charge on any atom is -0.495 e. The summed E-state index contributed by atoms with van der Waals surface area (Å²) in [7, 11) is 1.38. The Morgan fingerprint density at radius 2 is 2.08 bits per heavy atom. The fourth-order valence-electron chi connectivity index (χ4n) is 1.89. The summed E-state index contributed by atoms with van der Waals surface area (Å²) < 4.78 is 19.3. The van der Waals surface area contributed by atoms with E-state index in [1.807, 2.05) is 0 Å². The molecule has 0 fully saturated rings. The number of nitrogens with zero attached hydrogens (tertiary/aromatic N) is 1. The zero-order chi connectivity index (χ0) is 17.7. The molecule has 6 nitrogen and oxygen atoms in total. The van der Waals surface area contributed by atoms with Crippen LogP contribution in [0.1, 0.15) is 5.56 Å². The molecule has 124 valence electrons. The number of anilines is 1. The van der Waals surface area contributed by atoms with Gasteiger partial charge >= 0.3 is 0 Å². The van der Waals surface area contributed by atoms with E-state index in [1.165, 1.54) is 43.5 Å². The smallest absolute Gasteiger partial charge is 0.271 e. The van der Waals surface area contributed by atoms with Crippen LogP contribution in [0.5, 0.6) is 5.75 Å². The number of non-ortho nitro benzene ring substituents is 1. The van der Waals surface area contributed by atoms with Gasteiger partial charge in [0, 0.05) is 28.2 Å². The minimum absolute atomic E-state index is 0.149. The standard InChI is InChI=1S/C16H12BrFN2O4/c1-24-15-6-4-12(20(22)23)9-14(15)19-16(21)7-2-10-8-11(17)3-5-13(10)18/h2-9H,1H3,(H,19,21)/b7-2+. The zero-order valence-electron chi connectivity index (χ0n) is 12.5. The predicted molar refractivity (Wildman–Crippen MR) is 91.4 cm³/mol. The number of nitro benzene ring substituents is 1. The van der Waals surface area contributed by atoms with Crippen LogP contribution in [0.25, 0.3) is 6.08 Å². The molecule has 2 aromatic rings. The molecule has 1 amide bonds. The van der Waals surface area contributed by atoms with E-state index in [9.17, 15) is 19.3 Å². The van der Waals surface area contributed by atoms with Gasteiger partial charge in [-0.25, -0.2) is 4.39 Å². The molecule has 0 bridgehead atoms. The second-order valence-electron chi connectivity index (χ2n) is 4.63. The molecule has 8 heteroatoms. The van der Waals surface area contributed by atoms with Crippen LogP contribution in [0.2, 0.25) is 0 Å². The van der Waals surface area contributed by atoms with Crippen LogP contribution in [0.15, 0.2) is 46.9 Å². The van der Waals surface area contributed by atoms with Gasteiger partial charge in [-0.3, -0.25) is 14.9 Å². The number of hydrogen-bond acceptors (Lipinski definition) is 4. The first-order chi connectivity index (χ1) is 11.4. The summed E-state index contributed by atoms with van der Waals surface area (Å²) in [5, 5.41) is 13.3. The van der Waals surface area contributed by atoms with E-state index in [-0.39, 0.29) is 22.7 Å². The monoisotopic (exact) mass is 394 g/mol. The number of carbonyl (C=O) groups is 1. The summed E-state index contributed by atoms with van der Waals surface area (Å²) in [6.45, 7) is 0. The van der Waals surface area contributed by atoms with Gasteiger partial charge in [0.15, 0.2) is 0 Å². The third-order valence-corrected chi connectivity index (χ3v) is 3.52. The van der Waals surface area contributed by atoms with Gasteiger partial charge in [0.2, 0.25) is 5.91 Å². The van der Waals surface area contributed by atoms with E-state index < -0.39 is 16.6 Å². The van der Waals surface area contributed by atoms with Crippen molar-refractivity contribution in [1.82, 2.24) is 0 Å². The van der Waals surface area contributed by atoms with Gasteiger partial charge in [-0.2, -0.15) is 0 Å². The van der Waals surface area contributed by atoms with Crippen molar-refractivity contribution in [3.8, 4) is 5.75 Å². The van der Waals surface area contributed by atoms with Crippen LogP contribution in [-0.2, 0) is 4.79 Å². The molecule has 0 heterocycles. The molecule has 0 saturated heterocycles. The minimum atomic E-state index is -0.582. The van der Waals surface area contributed by atoms with Crippen LogP contribution in [-0.4, -0.2) is 17.9 Å². The van der Waals surface area contributed by atoms with E-state index in [0.29, 0.717) is 4.47 Å². The Balaban J connectivity index is 2.20. The highest BCUT2D eigenvalue weighted by Crippen LogP contribution is 2.28. The van der Waals surface area contributed by atoms with Crippen molar-refractivity contribution >= 4 is 39.3 Å². The third kappa shape index (κ3) is 4.39. The Kier molecular flexibility index (Phi) is 5.64. The molecule has 2 aromatic carbocycles. The number of rotatable bonds is 5. The predicted octanol–water partition coefficient (Wildman–Crippen LogP) is 4.16. The molecule has 0 saturated carbocycles. The highest BCUT2D eigenvalue weighted by molar-refractivity contribution is 9.10. The largest absolute Gasteiger partial charge is 0.495 e. The SMILES string of the molecule is COc1ccc([N+](=O)[O-])cc1NC(=O)/C=C/c1cc(Br)ccc1F. The molecule has 0 spiro atoms. The molecule has 24 heavy (non-hydrogen) atoms. The first kappa shape index (κ1) is 17.6. The summed E-state index contributed by atoms with van der Waals surface area (Å²) in [6.07, 6.45) is 2.43. The highest BCUT2D eigenvalue weighted by atomic mass is 79.9. The van der Waals surface area contributed by atoms with E-state index in [2.05, 4.69) is 21.2 Å². The van der Waals surface area contributed by atoms with Gasteiger partial charge in [-0.05, 0) is 30.3 Å². The van der Waals surface area contributed by atoms with Crippen molar-refractivity contribution in [3.05, 3.63) is 68.4 Å². The van der Waals surface area contributed by atoms with Gasteiger partial charge in [-0.1, -0.05) is 15.9 Å². The highest BCUT2D eigenvalue weighted by Gasteiger charge is 2.12. The van der Waals surface area contributed by atoms with E-state index in [0.717, 1.165) is 6.08 Å². The lowest BCUT2D eigenvalue weighted by atomic mass is 10.2. The Hall–Kier alpha value is -2.74. The van der Waals surface area contributed by atoms with Crippen LogP contribution < -0.4 is 10.1 Å². The van der Waals surface area contributed by atoms with Crippen molar-refractivity contribution in [2.24, 2.45) is 0 Å². The van der Waals surface area contributed by atoms with E-state index in [1.54, 1.807) is 6.07 Å². The third-order valence-electron chi connectivity index (χ3n) is 3.02. The van der Waals surface area contributed by atoms with Crippen LogP contribution in [0, 0.1) is 15.9 Å². The van der Waals surface area contributed by atoms with Crippen molar-refractivity contribution in [3.63, 3.8) is 0 Å². The molecule has 2 rings (SSSR count). The number of nitro groups is 1. The number of methoxy groups -OCH3 is 1. The molecule has 0 radical (unpaired) electrons. The second kappa shape index (κ2) is 7.69. The lowest BCUT2D eigenvalue weighted by molar-refractivity contribution is -0.384. The summed E-state index contributed by atoms with van der Waals surface area (Å²) in [5.74, 6) is -0.778. The molecule has 0 atom stereocenters. The summed E-state index contributed by atoms with van der Waals surface area (Å²) in [6, 6.07) is 8.16. The first-order valence-corrected chi connectivity index (χ1v) is 7.46. The maximum Gasteiger partial charge on any atom is 0.271 e. The number of amides is 1. The molecule has 1 N–H and O–H groups in total. The quantitative estimate of drug-likeness (QED) is 0.468. The number of nitrogens with one attached hydrogen (secondary N) is 1. The van der Waals surface area contributed by atoms with Crippen molar-refractivity contribution in [1.29, 1.82) is 0 Å². The van der Waals surface area contributed by atoms with Gasteiger partial charge in [-0.15, -0.1) is 0 Å². The topological polar surface area (TPSA) is 81.5 Å². The van der Waals surface area contributed by atoms with Crippen molar-refractivity contribution in [2.75, 3.05) is 12.4 Å². The Morgan fingerprint density at radius 1 is 1.33 bits per heavy atom. The molecule has 0 aliphatic rings. The molecule has 0 aliphatic heterocycles. The van der Waals surface area contributed by atoms with E-state index in [4.69, 9.17) is 4.74 Å². The zero-order valence-corrected chi connectivity index (χ0v) is 14.0. The van der Waals surface area contributed by atoms with Crippen molar-refractivity contribution < 1.29 is 18.8 Å². The number of benzene rings is 2. The fraction of sp³-hybridized carbons (Fsp3) is 0.0625. The van der Waals surface area contributed by atoms with E-state index >= 15 is 0 Å². The maximum atomic E-state index is 13.6. The van der Waals surface area contributed by atoms with Crippen molar-refractivity contribution in [2.45, 2.75) is 0 Å². The fourth-order valence-corrected chi connectivity index (χ4v) is 2.27. The first-order valence-electron chi connectivity index (χ1n) is 6.67. The number of ether oxygens (including phenoxy) is 1. The normalized spacial score (nSPS) is 10.6. The van der Waals surface area contributed by atoms with Crippen LogP contribution in [0.4, 0.5) is 15.8 Å². The molecule has 0 unspecified atom stereocenters. The van der Waals surface area contributed by atoms with Gasteiger partial charge in [0.1, 0.15) is 11.6 Å². The molecule has 0 aliphatic carbocycles. The van der Waals surface area contributed by atoms with Gasteiger partial charge < -0.3 is 10.1 Å². The Bertz CT molecular complexity index is 824. The Morgan fingerprint density at radius 3 is 2.75 bits per heavy atom. The Labute approximate surface area is 145 Å². The van der Waals surface area contributed by atoms with Gasteiger partial charge in [0.25, 0.3) is 5.69 Å². The number of hydrogen-bond donors (Lipinski definition) is 1.